The van der Waals surface area contributed by atoms with Crippen LogP contribution >= 0.6 is 25.3 Å². The summed E-state index contributed by atoms with van der Waals surface area (Å²) in [6.45, 7) is 8.66. The molecule has 4 aromatic rings. The van der Waals surface area contributed by atoms with Crippen LogP contribution in [-0.2, 0) is 117 Å². The lowest BCUT2D eigenvalue weighted by molar-refractivity contribution is -0.142. The maximum Gasteiger partial charge on any atom is 0.326 e. The number of phenols is 2. The number of thiol groups is 2. The lowest BCUT2D eigenvalue weighted by Crippen LogP contribution is -2.62. The van der Waals surface area contributed by atoms with Crippen molar-refractivity contribution in [2.45, 2.75) is 260 Å². The molecule has 0 aromatic heterocycles. The van der Waals surface area contributed by atoms with E-state index in [9.17, 15) is 122 Å². The summed E-state index contributed by atoms with van der Waals surface area (Å²) in [6.07, 6.45) is -4.95. The molecule has 0 spiro atoms. The highest BCUT2D eigenvalue weighted by molar-refractivity contribution is 7.80. The maximum absolute atomic E-state index is 15.0. The predicted octanol–water partition coefficient (Wildman–Crippen LogP) is -3.93. The van der Waals surface area contributed by atoms with E-state index in [1.54, 1.807) is 102 Å². The third-order valence-corrected chi connectivity index (χ3v) is 24.2. The number of amides is 16. The first kappa shape index (κ1) is 121. The number of guanidine groups is 2. The summed E-state index contributed by atoms with van der Waals surface area (Å²) in [7, 11) is 0. The molecule has 145 heavy (non-hydrogen) atoms. The minimum atomic E-state index is -1.99. The molecule has 0 radical (unpaired) electrons. The molecule has 32 N–H and O–H groups in total. The number of benzene rings is 4. The number of carbonyl (C=O) groups excluding carboxylic acids is 16. The Balaban J connectivity index is 1.38. The van der Waals surface area contributed by atoms with Gasteiger partial charge in [0, 0.05) is 76.1 Å². The number of primary amides is 1. The third kappa shape index (κ3) is 43.3. The molecule has 17 unspecified atom stereocenters. The number of carboxylic acids is 3. The van der Waals surface area contributed by atoms with E-state index < -0.39 is 302 Å². The molecule has 4 aromatic carbocycles. The van der Waals surface area contributed by atoms with Crippen LogP contribution in [0, 0.1) is 28.6 Å². The van der Waals surface area contributed by atoms with Crippen molar-refractivity contribution >= 4 is 150 Å². The molecular formula is C95H139N23O25S2. The number of likely N-dealkylation sites (tertiary alicyclic amines) is 1. The number of carbonyl (C=O) groups is 19. The van der Waals surface area contributed by atoms with Crippen molar-refractivity contribution in [2.75, 3.05) is 37.7 Å². The van der Waals surface area contributed by atoms with Gasteiger partial charge in [0.05, 0.1) is 12.6 Å². The number of hydrogen-bond donors (Lipinski definition) is 30. The average molecular weight is 2070 g/mol. The number of aliphatic hydroxyl groups is 1. The number of carboxylic acid groups (broad SMARTS) is 3. The topological polar surface area (TPSA) is 793 Å². The molecule has 1 fully saturated rings. The lowest BCUT2D eigenvalue weighted by Gasteiger charge is -2.30. The number of rotatable bonds is 64. The lowest BCUT2D eigenvalue weighted by atomic mass is 9.98. The van der Waals surface area contributed by atoms with Gasteiger partial charge in [-0.15, -0.1) is 0 Å². The number of aliphatic carboxylic acids is 3. The number of nitrogens with one attached hydrogen (secondary N) is 18. The Kier molecular flexibility index (Phi) is 51.9. The molecule has 48 nitrogen and oxygen atoms in total. The van der Waals surface area contributed by atoms with Gasteiger partial charge in [-0.2, -0.15) is 25.3 Å². The standard InChI is InChI=1S/C95H139N23O25S2/c1-7-52(6)77(97)91(140)108-61(32-35-74(96)122)80(129)106-62(33-36-75(123)124)82(131)112-68(45-56-26-30-58(121)31-27-56)86(135)110-64(41-50(2)3)83(132)107-63(34-37-76(125)126)81(130)109-65(42-51(4)5)84(133)115-70(47-119)88(137)113-67(44-55-24-28-57(120)29-25-55)85(134)104-60(22-15-39-103-95(100)101)79(128)117-72(49-145)92(141)118-40-16-23-73(118)90(139)116-71(48-144)89(138)105-59(21-14-38-102-94(98)99)78(127)111-66(43-53-17-10-8-11-18-53)87(136)114-69(93(142)143)46-54-19-12-9-13-20-54/h8-13,17-20,24-31,50-52,59-73,77,119-121,144-145H,7,14-16,21-23,32-49,97H2,1-6H3,(H2,96,122)(H,104,134)(H,105,138)(H,106,129)(H,107,132)(H,108,140)(H,109,130)(H,110,135)(H,111,127)(H,112,131)(H,113,137)(H,114,136)(H,115,133)(H,116,139)(H,117,128)(H,123,124)(H,125,126)(H,142,143)(H4,98,99,102)(H4,100,101,103). The van der Waals surface area contributed by atoms with E-state index in [-0.39, 0.29) is 112 Å². The van der Waals surface area contributed by atoms with Crippen LogP contribution in [0.4, 0.5) is 0 Å². The van der Waals surface area contributed by atoms with E-state index >= 15 is 0 Å². The fourth-order valence-corrected chi connectivity index (χ4v) is 15.8. The molecular weight excluding hydrogens is 1930 g/mol. The van der Waals surface area contributed by atoms with Gasteiger partial charge in [-0.05, 0) is 135 Å². The van der Waals surface area contributed by atoms with E-state index in [0.717, 1.165) is 4.90 Å². The number of aromatic hydroxyl groups is 2. The van der Waals surface area contributed by atoms with E-state index in [2.05, 4.69) is 110 Å². The van der Waals surface area contributed by atoms with Crippen molar-refractivity contribution in [3.63, 3.8) is 0 Å². The normalized spacial score (nSPS) is 15.5. The number of phenolic OH excluding ortho intramolecular Hbond substituents is 2. The smallest absolute Gasteiger partial charge is 0.326 e. The minimum absolute atomic E-state index is 0.0158. The molecule has 1 aliphatic heterocycles. The minimum Gasteiger partial charge on any atom is -0.508 e. The SMILES string of the molecule is CCC(C)C(N)C(=O)NC(CCC(N)=O)C(=O)NC(CCC(=O)O)C(=O)NC(Cc1ccc(O)cc1)C(=O)NC(CC(C)C)C(=O)NC(CCC(=O)O)C(=O)NC(CC(C)C)C(=O)NC(CO)C(=O)NC(Cc1ccc(O)cc1)C(=O)NC(CCCNC(=N)N)C(=O)NC(CS)C(=O)N1CCCC1C(=O)NC(CS)C(=O)NC(CCCNC(=N)N)C(=O)NC(Cc1ccccc1)C(=O)NC(Cc1ccccc1)C(=O)O. The number of aliphatic hydroxyl groups excluding tert-OH is 1. The fourth-order valence-electron chi connectivity index (χ4n) is 15.3. The first-order chi connectivity index (χ1) is 68.6. The van der Waals surface area contributed by atoms with Crippen molar-refractivity contribution in [3.05, 3.63) is 131 Å². The Morgan fingerprint density at radius 2 is 0.690 bits per heavy atom. The second-order valence-corrected chi connectivity index (χ2v) is 36.8. The Morgan fingerprint density at radius 3 is 1.03 bits per heavy atom. The highest BCUT2D eigenvalue weighted by Crippen LogP contribution is 2.23. The Bertz CT molecular complexity index is 5080. The van der Waals surface area contributed by atoms with E-state index in [0.29, 0.717) is 17.5 Å². The first-order valence-corrected chi connectivity index (χ1v) is 48.8. The molecule has 50 heteroatoms. The molecule has 0 saturated carbocycles. The monoisotopic (exact) mass is 2070 g/mol. The van der Waals surface area contributed by atoms with Crippen LogP contribution in [-0.4, -0.2) is 294 Å². The van der Waals surface area contributed by atoms with Crippen LogP contribution in [0.2, 0.25) is 0 Å². The highest BCUT2D eigenvalue weighted by atomic mass is 32.1. The van der Waals surface area contributed by atoms with Gasteiger partial charge in [-0.1, -0.05) is 133 Å². The molecule has 0 bridgehead atoms. The Labute approximate surface area is 849 Å². The van der Waals surface area contributed by atoms with E-state index in [1.807, 2.05) is 0 Å². The zero-order valence-corrected chi connectivity index (χ0v) is 83.4. The largest absolute Gasteiger partial charge is 0.508 e. The quantitative estimate of drug-likeness (QED) is 0.00869. The van der Waals surface area contributed by atoms with Gasteiger partial charge in [0.1, 0.15) is 102 Å². The first-order valence-electron chi connectivity index (χ1n) is 47.5. The van der Waals surface area contributed by atoms with E-state index in [1.165, 1.54) is 48.5 Å². The van der Waals surface area contributed by atoms with Gasteiger partial charge < -0.3 is 144 Å². The molecule has 796 valence electrons. The average Bonchev–Trinajstić information content (AvgIpc) is 1.72. The highest BCUT2D eigenvalue weighted by Gasteiger charge is 2.43. The predicted molar refractivity (Wildman–Crippen MR) is 535 cm³/mol. The number of nitrogens with zero attached hydrogens (tertiary/aromatic N) is 1. The summed E-state index contributed by atoms with van der Waals surface area (Å²) in [5.41, 5.74) is 24.3. The molecule has 1 saturated heterocycles. The van der Waals surface area contributed by atoms with Crippen LogP contribution in [0.5, 0.6) is 11.5 Å². The summed E-state index contributed by atoms with van der Waals surface area (Å²) < 4.78 is 0. The summed E-state index contributed by atoms with van der Waals surface area (Å²) in [6, 6.07) is 2.00. The maximum atomic E-state index is 15.0. The van der Waals surface area contributed by atoms with Gasteiger partial charge in [0.2, 0.25) is 94.5 Å². The van der Waals surface area contributed by atoms with Crippen LogP contribution in [0.25, 0.3) is 0 Å². The second kappa shape index (κ2) is 62.2. The van der Waals surface area contributed by atoms with Crippen molar-refractivity contribution in [2.24, 2.45) is 40.7 Å². The van der Waals surface area contributed by atoms with Gasteiger partial charge in [-0.3, -0.25) is 97.1 Å². The zero-order chi connectivity index (χ0) is 108. The number of hydrogen-bond acceptors (Lipinski definition) is 27. The summed E-state index contributed by atoms with van der Waals surface area (Å²) in [4.78, 5) is 267. The molecule has 1 heterocycles. The van der Waals surface area contributed by atoms with Gasteiger partial charge >= 0.3 is 17.9 Å². The van der Waals surface area contributed by atoms with Crippen LogP contribution < -0.4 is 108 Å². The number of nitrogens with two attached hydrogens (primary N) is 4. The molecule has 1 aliphatic rings. The van der Waals surface area contributed by atoms with Crippen LogP contribution in [0.3, 0.4) is 0 Å². The molecule has 5 rings (SSSR count). The molecule has 0 aliphatic carbocycles. The Hall–Kier alpha value is -14.4. The second-order valence-electron chi connectivity index (χ2n) is 36.1. The van der Waals surface area contributed by atoms with E-state index in [4.69, 9.17) is 33.8 Å². The Morgan fingerprint density at radius 1 is 0.386 bits per heavy atom. The van der Waals surface area contributed by atoms with Crippen molar-refractivity contribution in [1.82, 2.24) is 90.0 Å². The summed E-state index contributed by atoms with van der Waals surface area (Å²) in [5.74, 6) is -24.0. The third-order valence-electron chi connectivity index (χ3n) is 23.4. The fraction of sp³-hybridized carbons (Fsp3) is 0.526. The van der Waals surface area contributed by atoms with Gasteiger partial charge in [0.25, 0.3) is 0 Å². The van der Waals surface area contributed by atoms with Crippen molar-refractivity contribution in [3.8, 4) is 11.5 Å². The van der Waals surface area contributed by atoms with Gasteiger partial charge in [-0.25, -0.2) is 4.79 Å². The summed E-state index contributed by atoms with van der Waals surface area (Å²) in [5, 5.41) is 117. The van der Waals surface area contributed by atoms with Crippen molar-refractivity contribution in [1.29, 1.82) is 10.8 Å². The zero-order valence-electron chi connectivity index (χ0n) is 81.6. The van der Waals surface area contributed by atoms with Crippen LogP contribution in [0.1, 0.15) is 160 Å². The van der Waals surface area contributed by atoms with Crippen molar-refractivity contribution < 1.29 is 122 Å². The summed E-state index contributed by atoms with van der Waals surface area (Å²) >= 11 is 8.75. The molecule has 16 amide bonds. The van der Waals surface area contributed by atoms with Crippen LogP contribution in [0.15, 0.2) is 109 Å². The molecule has 17 atom stereocenters. The van der Waals surface area contributed by atoms with Gasteiger partial charge in [0.15, 0.2) is 11.9 Å².